The number of piperazine rings is 1. The lowest BCUT2D eigenvalue weighted by Crippen LogP contribution is -2.49. The molecule has 0 spiro atoms. The van der Waals surface area contributed by atoms with Crippen LogP contribution < -0.4 is 4.90 Å². The molecule has 0 unspecified atom stereocenters. The van der Waals surface area contributed by atoms with Gasteiger partial charge in [-0.15, -0.1) is 0 Å². The molecule has 0 radical (unpaired) electrons. The summed E-state index contributed by atoms with van der Waals surface area (Å²) >= 11 is 0. The maximum atomic E-state index is 13.1. The number of halogens is 2. The number of nitrogens with zero attached hydrogens (tertiary/aromatic N) is 4. The molecule has 1 aromatic heterocycles. The number of hydrogen-bond acceptors (Lipinski definition) is 4. The number of aromatic nitrogens is 2. The predicted molar refractivity (Wildman–Crippen MR) is 107 cm³/mol. The predicted octanol–water partition coefficient (Wildman–Crippen LogP) is 3.69. The molecule has 1 aliphatic heterocycles. The minimum atomic E-state index is -0.322. The third-order valence-electron chi connectivity index (χ3n) is 5.07. The molecular weight excluding hydrogens is 374 g/mol. The Morgan fingerprint density at radius 3 is 2.07 bits per heavy atom. The van der Waals surface area contributed by atoms with Gasteiger partial charge in [-0.1, -0.05) is 0 Å². The van der Waals surface area contributed by atoms with Gasteiger partial charge in [0.2, 0.25) is 0 Å². The van der Waals surface area contributed by atoms with Crippen LogP contribution in [0.5, 0.6) is 0 Å². The first-order valence-corrected chi connectivity index (χ1v) is 9.40. The number of hydrogen-bond donors (Lipinski definition) is 0. The molecule has 0 bridgehead atoms. The summed E-state index contributed by atoms with van der Waals surface area (Å²) in [5, 5.41) is 0. The molecule has 5 nitrogen and oxygen atoms in total. The summed E-state index contributed by atoms with van der Waals surface area (Å²) in [6.07, 6.45) is 1.54. The van der Waals surface area contributed by atoms with E-state index in [1.54, 1.807) is 36.1 Å². The summed E-state index contributed by atoms with van der Waals surface area (Å²) in [6, 6.07) is 12.3. The number of benzene rings is 2. The zero-order chi connectivity index (χ0) is 20.4. The van der Waals surface area contributed by atoms with Gasteiger partial charge in [0.15, 0.2) is 5.82 Å². The molecule has 4 rings (SSSR count). The average Bonchev–Trinajstić information content (AvgIpc) is 2.74. The van der Waals surface area contributed by atoms with Crippen LogP contribution in [0.3, 0.4) is 0 Å². The fourth-order valence-electron chi connectivity index (χ4n) is 3.41. The SMILES string of the molecule is Cc1nc(-c2ccc(F)cc2)ncc1C(=O)N1CCN(c2ccc(F)cc2)CC1. The Balaban J connectivity index is 1.44. The number of rotatable bonds is 3. The van der Waals surface area contributed by atoms with Gasteiger partial charge in [0.1, 0.15) is 11.6 Å². The minimum Gasteiger partial charge on any atom is -0.368 e. The smallest absolute Gasteiger partial charge is 0.257 e. The van der Waals surface area contributed by atoms with E-state index in [2.05, 4.69) is 14.9 Å². The topological polar surface area (TPSA) is 49.3 Å². The fourth-order valence-corrected chi connectivity index (χ4v) is 3.41. The second-order valence-electron chi connectivity index (χ2n) is 6.96. The van der Waals surface area contributed by atoms with E-state index in [4.69, 9.17) is 0 Å². The summed E-state index contributed by atoms with van der Waals surface area (Å²) < 4.78 is 26.2. The first-order valence-electron chi connectivity index (χ1n) is 9.40. The van der Waals surface area contributed by atoms with Gasteiger partial charge in [-0.3, -0.25) is 4.79 Å². The van der Waals surface area contributed by atoms with E-state index >= 15 is 0 Å². The molecule has 1 amide bonds. The molecule has 0 atom stereocenters. The molecule has 148 valence electrons. The Morgan fingerprint density at radius 2 is 1.48 bits per heavy atom. The quantitative estimate of drug-likeness (QED) is 0.680. The highest BCUT2D eigenvalue weighted by molar-refractivity contribution is 5.95. The lowest BCUT2D eigenvalue weighted by molar-refractivity contribution is 0.0745. The molecule has 0 N–H and O–H groups in total. The van der Waals surface area contributed by atoms with Gasteiger partial charge >= 0.3 is 0 Å². The van der Waals surface area contributed by atoms with Gasteiger partial charge in [-0.25, -0.2) is 18.7 Å². The highest BCUT2D eigenvalue weighted by atomic mass is 19.1. The summed E-state index contributed by atoms with van der Waals surface area (Å²) in [5.74, 6) is -0.230. The molecule has 1 fully saturated rings. The van der Waals surface area contributed by atoms with E-state index in [0.717, 1.165) is 5.69 Å². The van der Waals surface area contributed by atoms with Crippen molar-refractivity contribution in [1.82, 2.24) is 14.9 Å². The van der Waals surface area contributed by atoms with Gasteiger partial charge in [0.25, 0.3) is 5.91 Å². The van der Waals surface area contributed by atoms with Gasteiger partial charge in [0, 0.05) is 43.6 Å². The highest BCUT2D eigenvalue weighted by Crippen LogP contribution is 2.20. The van der Waals surface area contributed by atoms with Crippen LogP contribution in [-0.2, 0) is 0 Å². The number of carbonyl (C=O) groups excluding carboxylic acids is 1. The van der Waals surface area contributed by atoms with Gasteiger partial charge in [-0.05, 0) is 55.5 Å². The molecule has 2 aromatic carbocycles. The van der Waals surface area contributed by atoms with Crippen molar-refractivity contribution >= 4 is 11.6 Å². The van der Waals surface area contributed by atoms with Gasteiger partial charge in [0.05, 0.1) is 11.3 Å². The Kier molecular flexibility index (Phi) is 5.20. The highest BCUT2D eigenvalue weighted by Gasteiger charge is 2.24. The summed E-state index contributed by atoms with van der Waals surface area (Å²) in [7, 11) is 0. The average molecular weight is 394 g/mol. The van der Waals surface area contributed by atoms with Crippen LogP contribution in [-0.4, -0.2) is 47.0 Å². The van der Waals surface area contributed by atoms with Crippen LogP contribution in [0.2, 0.25) is 0 Å². The van der Waals surface area contributed by atoms with E-state index in [0.29, 0.717) is 48.8 Å². The lowest BCUT2D eigenvalue weighted by Gasteiger charge is -2.36. The standard InChI is InChI=1S/C22H20F2N4O/c1-15-20(14-25-21(26-15)16-2-4-17(23)5-3-16)22(29)28-12-10-27(11-13-28)19-8-6-18(24)7-9-19/h2-9,14H,10-13H2,1H3. The van der Waals surface area contributed by atoms with Crippen LogP contribution in [0.15, 0.2) is 54.7 Å². The Hall–Kier alpha value is -3.35. The second kappa shape index (κ2) is 7.95. The normalized spacial score (nSPS) is 14.2. The van der Waals surface area contributed by atoms with E-state index in [1.165, 1.54) is 30.5 Å². The van der Waals surface area contributed by atoms with E-state index in [-0.39, 0.29) is 17.5 Å². The van der Waals surface area contributed by atoms with E-state index in [1.807, 2.05) is 0 Å². The van der Waals surface area contributed by atoms with E-state index < -0.39 is 0 Å². The van der Waals surface area contributed by atoms with E-state index in [9.17, 15) is 13.6 Å². The molecule has 2 heterocycles. The van der Waals surface area contributed by atoms with Crippen molar-refractivity contribution in [1.29, 1.82) is 0 Å². The van der Waals surface area contributed by atoms with Crippen molar-refractivity contribution < 1.29 is 13.6 Å². The second-order valence-corrected chi connectivity index (χ2v) is 6.96. The van der Waals surface area contributed by atoms with Crippen LogP contribution in [0, 0.1) is 18.6 Å². The first-order chi connectivity index (χ1) is 14.0. The van der Waals surface area contributed by atoms with Crippen molar-refractivity contribution in [3.63, 3.8) is 0 Å². The number of carbonyl (C=O) groups is 1. The van der Waals surface area contributed by atoms with Gasteiger partial charge in [-0.2, -0.15) is 0 Å². The zero-order valence-electron chi connectivity index (χ0n) is 16.0. The van der Waals surface area contributed by atoms with Crippen LogP contribution in [0.1, 0.15) is 16.1 Å². The summed E-state index contributed by atoms with van der Waals surface area (Å²) in [5.41, 5.74) is 2.69. The van der Waals surface area contributed by atoms with Crippen molar-refractivity contribution in [3.05, 3.63) is 77.6 Å². The van der Waals surface area contributed by atoms with Crippen molar-refractivity contribution in [3.8, 4) is 11.4 Å². The van der Waals surface area contributed by atoms with Crippen LogP contribution >= 0.6 is 0 Å². The molecule has 3 aromatic rings. The number of aryl methyl sites for hydroxylation is 1. The van der Waals surface area contributed by atoms with Crippen molar-refractivity contribution in [2.75, 3.05) is 31.1 Å². The molecule has 1 aliphatic rings. The largest absolute Gasteiger partial charge is 0.368 e. The van der Waals surface area contributed by atoms with Crippen LogP contribution in [0.4, 0.5) is 14.5 Å². The Morgan fingerprint density at radius 1 is 0.897 bits per heavy atom. The van der Waals surface area contributed by atoms with Crippen LogP contribution in [0.25, 0.3) is 11.4 Å². The van der Waals surface area contributed by atoms with Crippen molar-refractivity contribution in [2.45, 2.75) is 6.92 Å². The Bertz CT molecular complexity index is 1010. The minimum absolute atomic E-state index is 0.105. The Labute approximate surface area is 167 Å². The first kappa shape index (κ1) is 19.0. The molecule has 7 heteroatoms. The third kappa shape index (κ3) is 4.08. The van der Waals surface area contributed by atoms with Crippen molar-refractivity contribution in [2.24, 2.45) is 0 Å². The number of amides is 1. The van der Waals surface area contributed by atoms with Gasteiger partial charge < -0.3 is 9.80 Å². The molecular formula is C22H20F2N4O. The maximum Gasteiger partial charge on any atom is 0.257 e. The third-order valence-corrected chi connectivity index (χ3v) is 5.07. The molecule has 29 heavy (non-hydrogen) atoms. The fraction of sp³-hybridized carbons (Fsp3) is 0.227. The lowest BCUT2D eigenvalue weighted by atomic mass is 10.1. The molecule has 1 saturated heterocycles. The summed E-state index contributed by atoms with van der Waals surface area (Å²) in [6.45, 7) is 4.25. The molecule has 0 aliphatic carbocycles. The summed E-state index contributed by atoms with van der Waals surface area (Å²) in [4.78, 5) is 25.6. The molecule has 0 saturated carbocycles. The number of anilines is 1. The zero-order valence-corrected chi connectivity index (χ0v) is 16.0. The maximum absolute atomic E-state index is 13.1. The monoisotopic (exact) mass is 394 g/mol.